The van der Waals surface area contributed by atoms with Gasteiger partial charge in [0.05, 0.1) is 32.1 Å². The lowest BCUT2D eigenvalue weighted by Gasteiger charge is -2.16. The summed E-state index contributed by atoms with van der Waals surface area (Å²) < 4.78 is 12.2. The number of likely N-dealkylation sites (tertiary alicyclic amines) is 1. The highest BCUT2D eigenvalue weighted by Gasteiger charge is 2.40. The summed E-state index contributed by atoms with van der Waals surface area (Å²) in [6, 6.07) is -1.09. The quantitative estimate of drug-likeness (QED) is 0.440. The number of carbonyl (C=O) groups excluding carboxylic acids is 1. The zero-order valence-corrected chi connectivity index (χ0v) is 15.1. The Morgan fingerprint density at radius 3 is 2.67 bits per heavy atom. The van der Waals surface area contributed by atoms with Gasteiger partial charge in [-0.25, -0.2) is 9.59 Å². The molecular formula is C16H24N4O7. The van der Waals surface area contributed by atoms with Crippen LogP contribution in [0.4, 0.5) is 4.79 Å². The fourth-order valence-corrected chi connectivity index (χ4v) is 2.85. The minimum atomic E-state index is -1.27. The summed E-state index contributed by atoms with van der Waals surface area (Å²) in [5.74, 6) is -1.46. The largest absolute Gasteiger partial charge is 0.480 e. The van der Waals surface area contributed by atoms with Crippen molar-refractivity contribution in [1.82, 2.24) is 19.9 Å². The van der Waals surface area contributed by atoms with E-state index < -0.39 is 24.2 Å². The number of aromatic nitrogens is 3. The van der Waals surface area contributed by atoms with Crippen LogP contribution in [-0.2, 0) is 32.2 Å². The van der Waals surface area contributed by atoms with Crippen LogP contribution in [0.25, 0.3) is 0 Å². The van der Waals surface area contributed by atoms with Crippen molar-refractivity contribution in [1.29, 1.82) is 0 Å². The molecule has 11 heteroatoms. The van der Waals surface area contributed by atoms with Gasteiger partial charge in [-0.2, -0.15) is 0 Å². The maximum Gasteiger partial charge on any atom is 0.408 e. The number of unbranched alkanes of at least 4 members (excludes halogenated alkanes) is 2. The second-order valence-corrected chi connectivity index (χ2v) is 6.33. The summed E-state index contributed by atoms with van der Waals surface area (Å²) in [5, 5.41) is 26.1. The van der Waals surface area contributed by atoms with Crippen LogP contribution in [0.1, 0.15) is 38.3 Å². The van der Waals surface area contributed by atoms with Gasteiger partial charge in [-0.05, 0) is 19.3 Å². The molecule has 2 heterocycles. The molecule has 1 saturated heterocycles. The van der Waals surface area contributed by atoms with Crippen molar-refractivity contribution in [3.8, 4) is 0 Å². The number of amides is 1. The van der Waals surface area contributed by atoms with Crippen LogP contribution in [0, 0.1) is 0 Å². The predicted molar refractivity (Wildman–Crippen MR) is 89.9 cm³/mol. The third-order valence-electron chi connectivity index (χ3n) is 4.18. The Labute approximate surface area is 155 Å². The first-order chi connectivity index (χ1) is 12.9. The number of ether oxygens (including phenoxy) is 2. The van der Waals surface area contributed by atoms with Gasteiger partial charge >= 0.3 is 18.0 Å². The SMILES string of the molecule is CC(=O)OCCCCCn1cc(CO[C@@H]2C[C@@H](C(=O)O)N(C(=O)O)C2)nn1. The van der Waals surface area contributed by atoms with Gasteiger partial charge in [0.1, 0.15) is 11.7 Å². The molecule has 1 aliphatic heterocycles. The number of aliphatic carboxylic acids is 1. The van der Waals surface area contributed by atoms with E-state index in [1.807, 2.05) is 0 Å². The second kappa shape index (κ2) is 9.86. The van der Waals surface area contributed by atoms with Crippen molar-refractivity contribution < 1.29 is 34.1 Å². The number of carbonyl (C=O) groups is 3. The van der Waals surface area contributed by atoms with Crippen molar-refractivity contribution >= 4 is 18.0 Å². The van der Waals surface area contributed by atoms with Crippen LogP contribution < -0.4 is 0 Å². The number of carboxylic acids is 1. The Bertz CT molecular complexity index is 641. The third kappa shape index (κ3) is 6.51. The van der Waals surface area contributed by atoms with E-state index in [2.05, 4.69) is 10.3 Å². The van der Waals surface area contributed by atoms with Gasteiger partial charge in [-0.15, -0.1) is 5.10 Å². The molecule has 2 N–H and O–H groups in total. The molecule has 0 aliphatic carbocycles. The number of nitrogens with zero attached hydrogens (tertiary/aromatic N) is 4. The van der Waals surface area contributed by atoms with E-state index in [4.69, 9.17) is 19.7 Å². The fraction of sp³-hybridized carbons (Fsp3) is 0.688. The smallest absolute Gasteiger partial charge is 0.408 e. The molecule has 0 spiro atoms. The molecule has 0 radical (unpaired) electrons. The highest BCUT2D eigenvalue weighted by atomic mass is 16.5. The topological polar surface area (TPSA) is 144 Å². The van der Waals surface area contributed by atoms with Crippen LogP contribution in [0.3, 0.4) is 0 Å². The van der Waals surface area contributed by atoms with Crippen LogP contribution in [0.5, 0.6) is 0 Å². The lowest BCUT2D eigenvalue weighted by Crippen LogP contribution is -2.39. The molecule has 1 aromatic heterocycles. The third-order valence-corrected chi connectivity index (χ3v) is 4.18. The molecule has 1 aliphatic rings. The molecule has 27 heavy (non-hydrogen) atoms. The second-order valence-electron chi connectivity index (χ2n) is 6.33. The first-order valence-electron chi connectivity index (χ1n) is 8.73. The first-order valence-corrected chi connectivity index (χ1v) is 8.73. The maximum atomic E-state index is 11.1. The van der Waals surface area contributed by atoms with E-state index in [0.29, 0.717) is 18.8 Å². The van der Waals surface area contributed by atoms with Gasteiger partial charge in [-0.1, -0.05) is 5.21 Å². The summed E-state index contributed by atoms with van der Waals surface area (Å²) >= 11 is 0. The number of hydrogen-bond donors (Lipinski definition) is 2. The summed E-state index contributed by atoms with van der Waals surface area (Å²) in [7, 11) is 0. The van der Waals surface area contributed by atoms with E-state index in [-0.39, 0.29) is 25.5 Å². The predicted octanol–water partition coefficient (Wildman–Crippen LogP) is 0.734. The Kier molecular flexibility index (Phi) is 7.53. The molecule has 0 saturated carbocycles. The highest BCUT2D eigenvalue weighted by molar-refractivity contribution is 5.80. The number of carboxylic acid groups (broad SMARTS) is 2. The van der Waals surface area contributed by atoms with Crippen molar-refractivity contribution in [3.63, 3.8) is 0 Å². The van der Waals surface area contributed by atoms with E-state index in [1.165, 1.54) is 6.92 Å². The van der Waals surface area contributed by atoms with Crippen LogP contribution >= 0.6 is 0 Å². The van der Waals surface area contributed by atoms with Crippen molar-refractivity contribution in [2.24, 2.45) is 0 Å². The summed E-state index contributed by atoms with van der Waals surface area (Å²) in [4.78, 5) is 33.7. The molecule has 2 rings (SSSR count). The van der Waals surface area contributed by atoms with Gasteiger partial charge < -0.3 is 19.7 Å². The van der Waals surface area contributed by atoms with Crippen molar-refractivity contribution in [2.45, 2.75) is 57.9 Å². The molecule has 1 fully saturated rings. The summed E-state index contributed by atoms with van der Waals surface area (Å²) in [5.41, 5.74) is 0.593. The Balaban J connectivity index is 1.69. The summed E-state index contributed by atoms with van der Waals surface area (Å²) in [6.45, 7) is 2.62. The van der Waals surface area contributed by atoms with Crippen molar-refractivity contribution in [3.05, 3.63) is 11.9 Å². The average molecular weight is 384 g/mol. The van der Waals surface area contributed by atoms with E-state index in [9.17, 15) is 14.4 Å². The number of rotatable bonds is 10. The van der Waals surface area contributed by atoms with E-state index in [1.54, 1.807) is 10.9 Å². The van der Waals surface area contributed by atoms with Gasteiger partial charge in [0.25, 0.3) is 0 Å². The minimum Gasteiger partial charge on any atom is -0.480 e. The Morgan fingerprint density at radius 2 is 2.04 bits per heavy atom. The Morgan fingerprint density at radius 1 is 1.26 bits per heavy atom. The lowest BCUT2D eigenvalue weighted by atomic mass is 10.2. The highest BCUT2D eigenvalue weighted by Crippen LogP contribution is 2.21. The molecule has 0 aromatic carbocycles. The molecule has 0 unspecified atom stereocenters. The normalized spacial score (nSPS) is 19.2. The first kappa shape index (κ1) is 20.6. The standard InChI is InChI=1S/C16H24N4O7/c1-11(21)26-6-4-2-3-5-19-8-12(17-18-19)10-27-13-7-14(15(22)23)20(9-13)16(24)25/h8,13-14H,2-7,9-10H2,1H3,(H,22,23)(H,24,25)/t13-,14+/m1/s1. The number of esters is 1. The van der Waals surface area contributed by atoms with Gasteiger partial charge in [0, 0.05) is 19.9 Å². The zero-order chi connectivity index (χ0) is 19.8. The number of aryl methyl sites for hydroxylation is 1. The van der Waals surface area contributed by atoms with Crippen LogP contribution in [-0.4, -0.2) is 73.4 Å². The fourth-order valence-electron chi connectivity index (χ4n) is 2.85. The maximum absolute atomic E-state index is 11.1. The molecule has 1 aromatic rings. The average Bonchev–Trinajstić information content (AvgIpc) is 3.22. The minimum absolute atomic E-state index is 0.0166. The molecule has 0 bridgehead atoms. The number of hydrogen-bond acceptors (Lipinski definition) is 7. The molecule has 2 atom stereocenters. The van der Waals surface area contributed by atoms with Crippen molar-refractivity contribution in [2.75, 3.05) is 13.2 Å². The molecule has 1 amide bonds. The van der Waals surface area contributed by atoms with Gasteiger partial charge in [-0.3, -0.25) is 14.4 Å². The van der Waals surface area contributed by atoms with Gasteiger partial charge in [0.15, 0.2) is 0 Å². The molecule has 11 nitrogen and oxygen atoms in total. The van der Waals surface area contributed by atoms with Crippen LogP contribution in [0.2, 0.25) is 0 Å². The molecular weight excluding hydrogens is 360 g/mol. The van der Waals surface area contributed by atoms with Crippen LogP contribution in [0.15, 0.2) is 6.20 Å². The van der Waals surface area contributed by atoms with E-state index in [0.717, 1.165) is 24.2 Å². The van der Waals surface area contributed by atoms with E-state index >= 15 is 0 Å². The monoisotopic (exact) mass is 384 g/mol. The van der Waals surface area contributed by atoms with Gasteiger partial charge in [0.2, 0.25) is 0 Å². The zero-order valence-electron chi connectivity index (χ0n) is 15.1. The lowest BCUT2D eigenvalue weighted by molar-refractivity contribution is -0.142. The summed E-state index contributed by atoms with van der Waals surface area (Å²) in [6.07, 6.45) is 2.63. The molecule has 150 valence electrons. The Hall–Kier alpha value is -2.69.